The van der Waals surface area contributed by atoms with E-state index in [1.165, 1.54) is 0 Å². The normalized spacial score (nSPS) is 11.6. The highest BCUT2D eigenvalue weighted by Gasteiger charge is 2.14. The van der Waals surface area contributed by atoms with Gasteiger partial charge >= 0.3 is 5.69 Å². The van der Waals surface area contributed by atoms with Gasteiger partial charge in [0.1, 0.15) is 23.8 Å². The van der Waals surface area contributed by atoms with E-state index in [1.807, 2.05) is 6.92 Å². The third kappa shape index (κ3) is 4.43. The summed E-state index contributed by atoms with van der Waals surface area (Å²) >= 11 is 0. The van der Waals surface area contributed by atoms with Crippen molar-refractivity contribution in [2.45, 2.75) is 13.0 Å². The fourth-order valence-corrected chi connectivity index (χ4v) is 1.78. The lowest BCUT2D eigenvalue weighted by atomic mass is 10.3. The Bertz CT molecular complexity index is 677. The van der Waals surface area contributed by atoms with E-state index in [0.717, 1.165) is 11.9 Å². The van der Waals surface area contributed by atoms with Crippen LogP contribution in [0.5, 0.6) is 11.5 Å². The molecule has 122 valence electrons. The summed E-state index contributed by atoms with van der Waals surface area (Å²) in [7, 11) is 1.60. The van der Waals surface area contributed by atoms with Gasteiger partial charge in [0.25, 0.3) is 0 Å². The van der Waals surface area contributed by atoms with Gasteiger partial charge in [-0.1, -0.05) is 0 Å². The first-order valence-corrected chi connectivity index (χ1v) is 6.81. The van der Waals surface area contributed by atoms with Gasteiger partial charge in [0.05, 0.1) is 18.6 Å². The van der Waals surface area contributed by atoms with Crippen LogP contribution in [0.4, 0.5) is 17.5 Å². The first kappa shape index (κ1) is 16.3. The molecule has 1 aromatic heterocycles. The van der Waals surface area contributed by atoms with Gasteiger partial charge in [0, 0.05) is 0 Å². The third-order valence-electron chi connectivity index (χ3n) is 2.94. The Morgan fingerprint density at radius 3 is 2.57 bits per heavy atom. The second kappa shape index (κ2) is 7.25. The van der Waals surface area contributed by atoms with Crippen LogP contribution in [0.15, 0.2) is 30.5 Å². The molecule has 1 aromatic carbocycles. The second-order valence-corrected chi connectivity index (χ2v) is 4.71. The zero-order valence-electron chi connectivity index (χ0n) is 12.7. The number of nitrogen functional groups attached to an aromatic ring is 1. The topological polar surface area (TPSA) is 125 Å². The highest BCUT2D eigenvalue weighted by molar-refractivity contribution is 5.53. The summed E-state index contributed by atoms with van der Waals surface area (Å²) in [5.41, 5.74) is 5.18. The molecule has 9 heteroatoms. The largest absolute Gasteiger partial charge is 0.497 e. The standard InChI is InChI=1S/C14H17N5O4/c1-9(23-11-5-3-10(22-2)4-6-11)7-16-14-17-8-12(19(20)21)13(15)18-14/h3-6,8-9H,7H2,1-2H3,(H3,15,16,17,18). The molecule has 3 N–H and O–H groups in total. The summed E-state index contributed by atoms with van der Waals surface area (Å²) in [6.07, 6.45) is 0.892. The Kier molecular flexibility index (Phi) is 5.13. The first-order valence-electron chi connectivity index (χ1n) is 6.81. The highest BCUT2D eigenvalue weighted by atomic mass is 16.6. The molecule has 2 rings (SSSR count). The number of nitro groups is 1. The van der Waals surface area contributed by atoms with E-state index in [4.69, 9.17) is 15.2 Å². The quantitative estimate of drug-likeness (QED) is 0.585. The van der Waals surface area contributed by atoms with Gasteiger partial charge in [-0.15, -0.1) is 0 Å². The van der Waals surface area contributed by atoms with Gasteiger partial charge in [0.15, 0.2) is 0 Å². The fraction of sp³-hybridized carbons (Fsp3) is 0.286. The number of benzene rings is 1. The molecule has 0 aliphatic heterocycles. The lowest BCUT2D eigenvalue weighted by Gasteiger charge is -2.15. The predicted octanol–water partition coefficient (Wildman–Crippen LogP) is 1.85. The van der Waals surface area contributed by atoms with E-state index in [9.17, 15) is 10.1 Å². The van der Waals surface area contributed by atoms with E-state index in [1.54, 1.807) is 31.4 Å². The zero-order chi connectivity index (χ0) is 16.8. The summed E-state index contributed by atoms with van der Waals surface area (Å²) in [5.74, 6) is 1.47. The fourth-order valence-electron chi connectivity index (χ4n) is 1.78. The second-order valence-electron chi connectivity index (χ2n) is 4.71. The molecule has 0 amide bonds. The van der Waals surface area contributed by atoms with E-state index in [-0.39, 0.29) is 23.6 Å². The molecule has 0 spiro atoms. The Hall–Kier alpha value is -3.10. The lowest BCUT2D eigenvalue weighted by Crippen LogP contribution is -2.23. The van der Waals surface area contributed by atoms with Gasteiger partial charge in [-0.3, -0.25) is 10.1 Å². The maximum Gasteiger partial charge on any atom is 0.329 e. The van der Waals surface area contributed by atoms with Crippen LogP contribution in [0.2, 0.25) is 0 Å². The average Bonchev–Trinajstić information content (AvgIpc) is 2.53. The number of methoxy groups -OCH3 is 1. The molecule has 0 aliphatic carbocycles. The molecule has 23 heavy (non-hydrogen) atoms. The van der Waals surface area contributed by atoms with Crippen LogP contribution >= 0.6 is 0 Å². The minimum atomic E-state index is -0.630. The van der Waals surface area contributed by atoms with Crippen molar-refractivity contribution in [3.8, 4) is 11.5 Å². The van der Waals surface area contributed by atoms with Crippen LogP contribution in [0.1, 0.15) is 6.92 Å². The Morgan fingerprint density at radius 2 is 2.00 bits per heavy atom. The molecular formula is C14H17N5O4. The van der Waals surface area contributed by atoms with Gasteiger partial charge in [-0.25, -0.2) is 4.98 Å². The van der Waals surface area contributed by atoms with E-state index in [0.29, 0.717) is 12.3 Å². The molecule has 0 radical (unpaired) electrons. The van der Waals surface area contributed by atoms with Crippen molar-refractivity contribution in [2.24, 2.45) is 0 Å². The molecule has 0 bridgehead atoms. The zero-order valence-corrected chi connectivity index (χ0v) is 12.7. The van der Waals surface area contributed by atoms with Crippen molar-refractivity contribution >= 4 is 17.5 Å². The van der Waals surface area contributed by atoms with Gasteiger partial charge < -0.3 is 20.5 Å². The average molecular weight is 319 g/mol. The van der Waals surface area contributed by atoms with Crippen LogP contribution in [-0.2, 0) is 0 Å². The summed E-state index contributed by atoms with van der Waals surface area (Å²) in [6.45, 7) is 2.27. The van der Waals surface area contributed by atoms with Crippen LogP contribution in [-0.4, -0.2) is 34.6 Å². The van der Waals surface area contributed by atoms with Crippen LogP contribution in [0.3, 0.4) is 0 Å². The van der Waals surface area contributed by atoms with E-state index >= 15 is 0 Å². The van der Waals surface area contributed by atoms with Crippen molar-refractivity contribution in [2.75, 3.05) is 24.7 Å². The summed E-state index contributed by atoms with van der Waals surface area (Å²) in [5, 5.41) is 13.6. The van der Waals surface area contributed by atoms with Crippen molar-refractivity contribution in [1.29, 1.82) is 0 Å². The maximum atomic E-state index is 10.6. The molecule has 1 unspecified atom stereocenters. The number of hydrogen-bond donors (Lipinski definition) is 2. The van der Waals surface area contributed by atoms with Crippen molar-refractivity contribution in [3.63, 3.8) is 0 Å². The van der Waals surface area contributed by atoms with E-state index in [2.05, 4.69) is 15.3 Å². The molecular weight excluding hydrogens is 302 g/mol. The van der Waals surface area contributed by atoms with Crippen molar-refractivity contribution in [1.82, 2.24) is 9.97 Å². The molecule has 9 nitrogen and oxygen atoms in total. The number of nitrogens with one attached hydrogen (secondary N) is 1. The molecule has 0 saturated carbocycles. The molecule has 0 aliphatic rings. The number of rotatable bonds is 7. The molecule has 1 atom stereocenters. The number of hydrogen-bond acceptors (Lipinski definition) is 8. The predicted molar refractivity (Wildman–Crippen MR) is 84.7 cm³/mol. The SMILES string of the molecule is COc1ccc(OC(C)CNc2ncc([N+](=O)[O-])c(N)n2)cc1. The summed E-state index contributed by atoms with van der Waals surface area (Å²) < 4.78 is 10.8. The van der Waals surface area contributed by atoms with Gasteiger partial charge in [0.2, 0.25) is 11.8 Å². The summed E-state index contributed by atoms with van der Waals surface area (Å²) in [4.78, 5) is 17.7. The minimum absolute atomic E-state index is 0.177. The highest BCUT2D eigenvalue weighted by Crippen LogP contribution is 2.19. The number of nitrogens with zero attached hydrogens (tertiary/aromatic N) is 3. The molecule has 0 fully saturated rings. The molecule has 0 saturated heterocycles. The number of nitrogens with two attached hydrogens (primary N) is 1. The molecule has 2 aromatic rings. The number of aromatic nitrogens is 2. The van der Waals surface area contributed by atoms with Gasteiger partial charge in [-0.2, -0.15) is 4.98 Å². The third-order valence-corrected chi connectivity index (χ3v) is 2.94. The maximum absolute atomic E-state index is 10.6. The lowest BCUT2D eigenvalue weighted by molar-refractivity contribution is -0.384. The van der Waals surface area contributed by atoms with E-state index < -0.39 is 4.92 Å². The molecule has 1 heterocycles. The minimum Gasteiger partial charge on any atom is -0.497 e. The van der Waals surface area contributed by atoms with Crippen LogP contribution < -0.4 is 20.5 Å². The Morgan fingerprint density at radius 1 is 1.35 bits per heavy atom. The van der Waals surface area contributed by atoms with Crippen LogP contribution in [0.25, 0.3) is 0 Å². The summed E-state index contributed by atoms with van der Waals surface area (Å²) in [6, 6.07) is 7.20. The Balaban J connectivity index is 1.89. The van der Waals surface area contributed by atoms with Crippen LogP contribution in [0, 0.1) is 10.1 Å². The Labute approximate surface area is 132 Å². The van der Waals surface area contributed by atoms with Crippen molar-refractivity contribution in [3.05, 3.63) is 40.6 Å². The number of anilines is 2. The monoisotopic (exact) mass is 319 g/mol. The number of ether oxygens (including phenoxy) is 2. The van der Waals surface area contributed by atoms with Gasteiger partial charge in [-0.05, 0) is 31.2 Å². The first-order chi connectivity index (χ1) is 11.0. The smallest absolute Gasteiger partial charge is 0.329 e. The van der Waals surface area contributed by atoms with Crippen molar-refractivity contribution < 1.29 is 14.4 Å².